The summed E-state index contributed by atoms with van der Waals surface area (Å²) in [5, 5.41) is 2.65. The highest BCUT2D eigenvalue weighted by Crippen LogP contribution is 2.16. The Balaban J connectivity index is 2.25. The van der Waals surface area contributed by atoms with Gasteiger partial charge in [0.2, 0.25) is 5.91 Å². The Morgan fingerprint density at radius 2 is 1.90 bits per heavy atom. The number of amides is 2. The molecule has 0 saturated carbocycles. The van der Waals surface area contributed by atoms with Gasteiger partial charge in [-0.1, -0.05) is 30.3 Å². The highest BCUT2D eigenvalue weighted by molar-refractivity contribution is 6.04. The molecule has 2 rings (SSSR count). The van der Waals surface area contributed by atoms with Crippen molar-refractivity contribution in [3.05, 3.63) is 47.8 Å². The monoisotopic (exact) mass is 273 g/mol. The van der Waals surface area contributed by atoms with Crippen molar-refractivity contribution in [1.82, 2.24) is 15.1 Å². The average molecular weight is 273 g/mol. The summed E-state index contributed by atoms with van der Waals surface area (Å²) in [6.45, 7) is 2.17. The van der Waals surface area contributed by atoms with E-state index in [4.69, 9.17) is 0 Å². The Kier molecular flexibility index (Phi) is 4.08. The number of nitrogens with one attached hydrogen (secondary N) is 1. The molecule has 2 amide bonds. The van der Waals surface area contributed by atoms with Gasteiger partial charge in [0.25, 0.3) is 5.91 Å². The summed E-state index contributed by atoms with van der Waals surface area (Å²) in [6, 6.07) is 9.19. The number of hydrogen-bond acceptors (Lipinski definition) is 3. The molecule has 1 aliphatic heterocycles. The van der Waals surface area contributed by atoms with Crippen LogP contribution < -0.4 is 5.32 Å². The predicted molar refractivity (Wildman–Crippen MR) is 76.4 cm³/mol. The van der Waals surface area contributed by atoms with E-state index in [0.29, 0.717) is 12.2 Å². The SMILES string of the molecule is CC1C(=O)N/C(=C\N(C)C)C(=O)N1Cc1ccccc1. The smallest absolute Gasteiger partial charge is 0.272 e. The first-order chi connectivity index (χ1) is 9.49. The fourth-order valence-corrected chi connectivity index (χ4v) is 2.10. The van der Waals surface area contributed by atoms with Crippen molar-refractivity contribution in [3.8, 4) is 0 Å². The summed E-state index contributed by atoms with van der Waals surface area (Å²) < 4.78 is 0. The Morgan fingerprint density at radius 1 is 1.25 bits per heavy atom. The van der Waals surface area contributed by atoms with Crippen molar-refractivity contribution in [3.63, 3.8) is 0 Å². The van der Waals surface area contributed by atoms with Gasteiger partial charge in [-0.2, -0.15) is 0 Å². The molecular formula is C15H19N3O2. The lowest BCUT2D eigenvalue weighted by atomic mass is 10.1. The van der Waals surface area contributed by atoms with Crippen LogP contribution in [0.4, 0.5) is 0 Å². The molecule has 0 aromatic heterocycles. The van der Waals surface area contributed by atoms with Crippen LogP contribution in [0.15, 0.2) is 42.2 Å². The molecule has 1 aromatic carbocycles. The van der Waals surface area contributed by atoms with Crippen molar-refractivity contribution < 1.29 is 9.59 Å². The van der Waals surface area contributed by atoms with Crippen LogP contribution >= 0.6 is 0 Å². The van der Waals surface area contributed by atoms with Gasteiger partial charge in [-0.25, -0.2) is 0 Å². The van der Waals surface area contributed by atoms with E-state index in [0.717, 1.165) is 5.56 Å². The number of benzene rings is 1. The molecule has 0 aliphatic carbocycles. The summed E-state index contributed by atoms with van der Waals surface area (Å²) in [5.74, 6) is -0.316. The van der Waals surface area contributed by atoms with Crippen molar-refractivity contribution in [2.75, 3.05) is 14.1 Å². The van der Waals surface area contributed by atoms with Crippen molar-refractivity contribution in [1.29, 1.82) is 0 Å². The number of piperazine rings is 1. The van der Waals surface area contributed by atoms with E-state index in [2.05, 4.69) is 5.32 Å². The maximum atomic E-state index is 12.4. The molecule has 20 heavy (non-hydrogen) atoms. The van der Waals surface area contributed by atoms with Crippen LogP contribution in [-0.4, -0.2) is 41.8 Å². The molecule has 1 fully saturated rings. The van der Waals surface area contributed by atoms with Gasteiger partial charge in [-0.15, -0.1) is 0 Å². The minimum absolute atomic E-state index is 0.158. The lowest BCUT2D eigenvalue weighted by Crippen LogP contribution is -2.55. The third-order valence-corrected chi connectivity index (χ3v) is 3.18. The van der Waals surface area contributed by atoms with E-state index >= 15 is 0 Å². The normalized spacial score (nSPS) is 21.1. The van der Waals surface area contributed by atoms with E-state index in [1.807, 2.05) is 44.4 Å². The van der Waals surface area contributed by atoms with Crippen LogP contribution in [0.5, 0.6) is 0 Å². The molecule has 5 heteroatoms. The molecule has 5 nitrogen and oxygen atoms in total. The van der Waals surface area contributed by atoms with Crippen molar-refractivity contribution in [2.24, 2.45) is 0 Å². The van der Waals surface area contributed by atoms with Gasteiger partial charge < -0.3 is 15.1 Å². The third-order valence-electron chi connectivity index (χ3n) is 3.18. The van der Waals surface area contributed by atoms with Gasteiger partial charge in [-0.3, -0.25) is 9.59 Å². The Morgan fingerprint density at radius 3 is 2.50 bits per heavy atom. The first-order valence-corrected chi connectivity index (χ1v) is 6.53. The lowest BCUT2D eigenvalue weighted by molar-refractivity contribution is -0.142. The number of carbonyl (C=O) groups is 2. The van der Waals surface area contributed by atoms with Crippen LogP contribution in [0, 0.1) is 0 Å². The quantitative estimate of drug-likeness (QED) is 0.834. The maximum absolute atomic E-state index is 12.4. The van der Waals surface area contributed by atoms with E-state index in [-0.39, 0.29) is 11.8 Å². The summed E-state index contributed by atoms with van der Waals surface area (Å²) in [5.41, 5.74) is 1.32. The summed E-state index contributed by atoms with van der Waals surface area (Å²) in [6.07, 6.45) is 1.63. The summed E-state index contributed by atoms with van der Waals surface area (Å²) >= 11 is 0. The molecule has 106 valence electrons. The molecule has 1 unspecified atom stereocenters. The van der Waals surface area contributed by atoms with Crippen molar-refractivity contribution >= 4 is 11.8 Å². The zero-order valence-electron chi connectivity index (χ0n) is 12.0. The zero-order valence-corrected chi connectivity index (χ0v) is 12.0. The van der Waals surface area contributed by atoms with Gasteiger partial charge in [0.15, 0.2) is 0 Å². The second-order valence-electron chi connectivity index (χ2n) is 5.09. The highest BCUT2D eigenvalue weighted by atomic mass is 16.2. The number of nitrogens with zero attached hydrogens (tertiary/aromatic N) is 2. The number of rotatable bonds is 3. The Bertz CT molecular complexity index is 537. The summed E-state index contributed by atoms with van der Waals surface area (Å²) in [4.78, 5) is 27.7. The molecule has 0 radical (unpaired) electrons. The van der Waals surface area contributed by atoms with Crippen LogP contribution in [-0.2, 0) is 16.1 Å². The topological polar surface area (TPSA) is 52.7 Å². The molecule has 0 spiro atoms. The molecular weight excluding hydrogens is 254 g/mol. The van der Waals surface area contributed by atoms with Crippen LogP contribution in [0.2, 0.25) is 0 Å². The van der Waals surface area contributed by atoms with Gasteiger partial charge in [0, 0.05) is 26.8 Å². The van der Waals surface area contributed by atoms with Gasteiger partial charge in [0.05, 0.1) is 0 Å². The fourth-order valence-electron chi connectivity index (χ4n) is 2.10. The van der Waals surface area contributed by atoms with Crippen molar-refractivity contribution in [2.45, 2.75) is 19.5 Å². The highest BCUT2D eigenvalue weighted by Gasteiger charge is 2.34. The minimum Gasteiger partial charge on any atom is -0.382 e. The van der Waals surface area contributed by atoms with E-state index < -0.39 is 6.04 Å². The van der Waals surface area contributed by atoms with E-state index in [1.165, 1.54) is 0 Å². The average Bonchev–Trinajstić information content (AvgIpc) is 2.41. The van der Waals surface area contributed by atoms with Gasteiger partial charge in [-0.05, 0) is 12.5 Å². The molecule has 1 N–H and O–H groups in total. The largest absolute Gasteiger partial charge is 0.382 e. The third kappa shape index (κ3) is 2.99. The zero-order chi connectivity index (χ0) is 14.7. The van der Waals surface area contributed by atoms with Gasteiger partial charge >= 0.3 is 0 Å². The summed E-state index contributed by atoms with van der Waals surface area (Å²) in [7, 11) is 3.62. The molecule has 0 bridgehead atoms. The molecule has 1 heterocycles. The van der Waals surface area contributed by atoms with Crippen LogP contribution in [0.3, 0.4) is 0 Å². The number of hydrogen-bond donors (Lipinski definition) is 1. The molecule has 1 aliphatic rings. The first-order valence-electron chi connectivity index (χ1n) is 6.53. The van der Waals surface area contributed by atoms with E-state index in [1.54, 1.807) is 22.9 Å². The molecule has 1 saturated heterocycles. The second kappa shape index (κ2) is 5.77. The second-order valence-corrected chi connectivity index (χ2v) is 5.09. The molecule has 1 aromatic rings. The molecule has 1 atom stereocenters. The Hall–Kier alpha value is -2.30. The van der Waals surface area contributed by atoms with Gasteiger partial charge in [0.1, 0.15) is 11.7 Å². The first kappa shape index (κ1) is 14.1. The standard InChI is InChI=1S/C15H19N3O2/c1-11-14(19)16-13(10-17(2)3)15(20)18(11)9-12-7-5-4-6-8-12/h4-8,10-11H,9H2,1-3H3,(H,16,19)/b13-10-. The maximum Gasteiger partial charge on any atom is 0.272 e. The van der Waals surface area contributed by atoms with Crippen LogP contribution in [0.25, 0.3) is 0 Å². The Labute approximate surface area is 118 Å². The predicted octanol–water partition coefficient (Wildman–Crippen LogP) is 0.936. The van der Waals surface area contributed by atoms with E-state index in [9.17, 15) is 9.59 Å². The van der Waals surface area contributed by atoms with Crippen LogP contribution in [0.1, 0.15) is 12.5 Å². The number of carbonyl (C=O) groups excluding carboxylic acids is 2. The fraction of sp³-hybridized carbons (Fsp3) is 0.333. The lowest BCUT2D eigenvalue weighted by Gasteiger charge is -2.34. The minimum atomic E-state index is -0.470.